The molecule has 0 unspecified atom stereocenters. The number of hydrogen-bond donors (Lipinski definition) is 1. The molecule has 0 saturated carbocycles. The maximum absolute atomic E-state index is 5.81. The summed E-state index contributed by atoms with van der Waals surface area (Å²) in [6.07, 6.45) is 1.79. The molecule has 2 rings (SSSR count). The van der Waals surface area contributed by atoms with Crippen LogP contribution in [0.5, 0.6) is 0 Å². The first kappa shape index (κ1) is 13.9. The summed E-state index contributed by atoms with van der Waals surface area (Å²) in [5, 5.41) is 8.65. The first-order valence-electron chi connectivity index (χ1n) is 6.06. The van der Waals surface area contributed by atoms with Crippen LogP contribution in [0.3, 0.4) is 0 Å². The Morgan fingerprint density at radius 3 is 2.53 bits per heavy atom. The molecule has 0 aliphatic carbocycles. The summed E-state index contributed by atoms with van der Waals surface area (Å²) in [7, 11) is 1.83. The predicted molar refractivity (Wildman–Crippen MR) is 74.9 cm³/mol. The molecule has 2 aromatic rings. The molecule has 0 aromatic carbocycles. The summed E-state index contributed by atoms with van der Waals surface area (Å²) in [5.41, 5.74) is 5.62. The molecule has 19 heavy (non-hydrogen) atoms. The highest BCUT2D eigenvalue weighted by atomic mass is 32.2. The molecule has 0 spiro atoms. The summed E-state index contributed by atoms with van der Waals surface area (Å²) < 4.78 is 7.55. The van der Waals surface area contributed by atoms with Gasteiger partial charge in [-0.25, -0.2) is 4.98 Å². The summed E-state index contributed by atoms with van der Waals surface area (Å²) in [5.74, 6) is 1.97. The first-order valence-corrected chi connectivity index (χ1v) is 6.94. The van der Waals surface area contributed by atoms with Gasteiger partial charge in [0.2, 0.25) is 11.8 Å². The Hall–Kier alpha value is -1.50. The molecule has 0 amide bonds. The zero-order valence-corrected chi connectivity index (χ0v) is 12.7. The average molecular weight is 281 g/mol. The molecule has 0 bridgehead atoms. The Morgan fingerprint density at radius 1 is 1.37 bits per heavy atom. The van der Waals surface area contributed by atoms with Crippen LogP contribution in [-0.2, 0) is 12.5 Å². The molecular formula is C12H19N5OS. The van der Waals surface area contributed by atoms with Crippen molar-refractivity contribution in [1.29, 1.82) is 0 Å². The third-order valence-electron chi connectivity index (χ3n) is 2.76. The number of rotatable bonds is 3. The highest BCUT2D eigenvalue weighted by molar-refractivity contribution is 7.99. The van der Waals surface area contributed by atoms with E-state index in [-0.39, 0.29) is 10.7 Å². The highest BCUT2D eigenvalue weighted by Crippen LogP contribution is 2.35. The van der Waals surface area contributed by atoms with Crippen molar-refractivity contribution in [3.63, 3.8) is 0 Å². The Kier molecular flexibility index (Phi) is 3.58. The third-order valence-corrected chi connectivity index (χ3v) is 3.88. The van der Waals surface area contributed by atoms with E-state index < -0.39 is 0 Å². The summed E-state index contributed by atoms with van der Waals surface area (Å²) >= 11 is 1.52. The van der Waals surface area contributed by atoms with Gasteiger partial charge in [0.05, 0.1) is 11.4 Å². The van der Waals surface area contributed by atoms with E-state index in [2.05, 4.69) is 36.0 Å². The third kappa shape index (κ3) is 2.91. The van der Waals surface area contributed by atoms with Gasteiger partial charge in [0.25, 0.3) is 0 Å². The van der Waals surface area contributed by atoms with Gasteiger partial charge in [-0.15, -0.1) is 10.2 Å². The minimum absolute atomic E-state index is 0.0369. The zero-order chi connectivity index (χ0) is 14.2. The monoisotopic (exact) mass is 281 g/mol. The Labute approximate surface area is 116 Å². The van der Waals surface area contributed by atoms with E-state index in [0.29, 0.717) is 11.8 Å². The second kappa shape index (κ2) is 4.88. The second-order valence-corrected chi connectivity index (χ2v) is 6.78. The number of thioether (sulfide) groups is 1. The lowest BCUT2D eigenvalue weighted by Gasteiger charge is -2.13. The molecule has 1 atom stereocenters. The largest absolute Gasteiger partial charge is 0.444 e. The lowest BCUT2D eigenvalue weighted by molar-refractivity contribution is 0.383. The van der Waals surface area contributed by atoms with Crippen LogP contribution in [0.4, 0.5) is 5.95 Å². The molecule has 2 aromatic heterocycles. The fourth-order valence-electron chi connectivity index (χ4n) is 1.46. The number of oxazole rings is 1. The summed E-state index contributed by atoms with van der Waals surface area (Å²) in [4.78, 5) is 4.34. The smallest absolute Gasteiger partial charge is 0.222 e. The van der Waals surface area contributed by atoms with E-state index in [0.717, 1.165) is 10.9 Å². The van der Waals surface area contributed by atoms with Crippen molar-refractivity contribution in [2.75, 3.05) is 5.73 Å². The summed E-state index contributed by atoms with van der Waals surface area (Å²) in [6.45, 7) is 8.31. The molecular weight excluding hydrogens is 262 g/mol. The van der Waals surface area contributed by atoms with Gasteiger partial charge in [-0.1, -0.05) is 32.5 Å². The lowest BCUT2D eigenvalue weighted by Crippen LogP contribution is -2.09. The van der Waals surface area contributed by atoms with Crippen LogP contribution in [-0.4, -0.2) is 19.7 Å². The van der Waals surface area contributed by atoms with E-state index in [1.54, 1.807) is 10.8 Å². The SMILES string of the molecule is C[C@@H](Sc1nnc(N)n1C)c1ncc(C(C)(C)C)o1. The minimum atomic E-state index is -0.0369. The molecule has 0 aliphatic rings. The van der Waals surface area contributed by atoms with E-state index >= 15 is 0 Å². The van der Waals surface area contributed by atoms with Crippen LogP contribution in [0.1, 0.15) is 44.6 Å². The highest BCUT2D eigenvalue weighted by Gasteiger charge is 2.22. The zero-order valence-electron chi connectivity index (χ0n) is 11.8. The van der Waals surface area contributed by atoms with Gasteiger partial charge in [-0.05, 0) is 6.92 Å². The van der Waals surface area contributed by atoms with Crippen molar-refractivity contribution < 1.29 is 4.42 Å². The van der Waals surface area contributed by atoms with E-state index in [4.69, 9.17) is 10.2 Å². The topological polar surface area (TPSA) is 82.8 Å². The molecule has 104 valence electrons. The van der Waals surface area contributed by atoms with Gasteiger partial charge in [0.1, 0.15) is 5.76 Å². The normalized spacial score (nSPS) is 13.7. The molecule has 7 heteroatoms. The Morgan fingerprint density at radius 2 is 2.05 bits per heavy atom. The predicted octanol–water partition coefficient (Wildman–Crippen LogP) is 2.54. The molecule has 0 fully saturated rings. The molecule has 0 radical (unpaired) electrons. The van der Waals surface area contributed by atoms with Crippen molar-refractivity contribution >= 4 is 17.7 Å². The number of anilines is 1. The number of nitrogens with two attached hydrogens (primary N) is 1. The molecule has 0 saturated heterocycles. The van der Waals surface area contributed by atoms with Crippen LogP contribution in [0.2, 0.25) is 0 Å². The van der Waals surface area contributed by atoms with Crippen molar-refractivity contribution in [3.8, 4) is 0 Å². The van der Waals surface area contributed by atoms with E-state index in [1.165, 1.54) is 11.8 Å². The maximum atomic E-state index is 5.81. The van der Waals surface area contributed by atoms with Gasteiger partial charge in [-0.2, -0.15) is 0 Å². The van der Waals surface area contributed by atoms with Gasteiger partial charge < -0.3 is 10.2 Å². The molecule has 0 aliphatic heterocycles. The van der Waals surface area contributed by atoms with Gasteiger partial charge >= 0.3 is 0 Å². The molecule has 6 nitrogen and oxygen atoms in total. The maximum Gasteiger partial charge on any atom is 0.222 e. The molecule has 2 N–H and O–H groups in total. The minimum Gasteiger partial charge on any atom is -0.444 e. The summed E-state index contributed by atoms with van der Waals surface area (Å²) in [6, 6.07) is 0. The fourth-order valence-corrected chi connectivity index (χ4v) is 2.33. The molecule has 2 heterocycles. The van der Waals surface area contributed by atoms with Crippen molar-refractivity contribution in [3.05, 3.63) is 17.8 Å². The Bertz CT molecular complexity index is 569. The quantitative estimate of drug-likeness (QED) is 0.870. The lowest BCUT2D eigenvalue weighted by atomic mass is 9.94. The van der Waals surface area contributed by atoms with Crippen LogP contribution < -0.4 is 5.73 Å². The average Bonchev–Trinajstić information content (AvgIpc) is 2.91. The number of nitrogen functional groups attached to an aromatic ring is 1. The standard InChI is InChI=1S/C12H19N5OS/c1-7(19-11-16-15-10(13)17(11)5)9-14-6-8(18-9)12(2,3)4/h6-7H,1-5H3,(H2,13,15)/t7-/m1/s1. The van der Waals surface area contributed by atoms with E-state index in [9.17, 15) is 0 Å². The van der Waals surface area contributed by atoms with Crippen molar-refractivity contribution in [2.24, 2.45) is 7.05 Å². The second-order valence-electron chi connectivity index (χ2n) is 5.47. The Balaban J connectivity index is 2.14. The fraction of sp³-hybridized carbons (Fsp3) is 0.583. The number of aromatic nitrogens is 4. The number of hydrogen-bond acceptors (Lipinski definition) is 6. The van der Waals surface area contributed by atoms with Gasteiger partial charge in [0, 0.05) is 12.5 Å². The van der Waals surface area contributed by atoms with E-state index in [1.807, 2.05) is 14.0 Å². The van der Waals surface area contributed by atoms with Crippen LogP contribution in [0.15, 0.2) is 15.8 Å². The van der Waals surface area contributed by atoms with Crippen molar-refractivity contribution in [1.82, 2.24) is 19.7 Å². The van der Waals surface area contributed by atoms with Gasteiger partial charge in [-0.3, -0.25) is 4.57 Å². The van der Waals surface area contributed by atoms with Gasteiger partial charge in [0.15, 0.2) is 5.16 Å². The van der Waals surface area contributed by atoms with Crippen molar-refractivity contribution in [2.45, 2.75) is 43.5 Å². The number of nitrogens with zero attached hydrogens (tertiary/aromatic N) is 4. The first-order chi connectivity index (χ1) is 8.79. The van der Waals surface area contributed by atoms with Crippen LogP contribution >= 0.6 is 11.8 Å². The van der Waals surface area contributed by atoms with Crippen LogP contribution in [0, 0.1) is 0 Å². The van der Waals surface area contributed by atoms with Crippen LogP contribution in [0.25, 0.3) is 0 Å².